The molecule has 0 saturated heterocycles. The molecule has 0 N–H and O–H groups in total. The molecule has 0 saturated carbocycles. The van der Waals surface area contributed by atoms with Gasteiger partial charge in [-0.05, 0) is 17.7 Å². The molecule has 0 nitrogen and oxygen atoms in total. The number of rotatable bonds is 1. The summed E-state index contributed by atoms with van der Waals surface area (Å²) in [5.41, 5.74) is 1.13. The minimum Gasteiger partial charge on any atom is -0.143 e. The van der Waals surface area contributed by atoms with Crippen LogP contribution < -0.4 is 0 Å². The van der Waals surface area contributed by atoms with Crippen molar-refractivity contribution in [2.45, 2.75) is 10.8 Å². The van der Waals surface area contributed by atoms with E-state index in [1.807, 2.05) is 11.4 Å². The summed E-state index contributed by atoms with van der Waals surface area (Å²) in [6.07, 6.45) is 0. The molecule has 0 atom stereocenters. The molecule has 4 heteroatoms. The highest BCUT2D eigenvalue weighted by Crippen LogP contribution is 2.35. The van der Waals surface area contributed by atoms with Gasteiger partial charge in [-0.15, -0.1) is 35.6 Å². The Labute approximate surface area is 99.4 Å². The van der Waals surface area contributed by atoms with E-state index in [9.17, 15) is 0 Å². The van der Waals surface area contributed by atoms with Crippen molar-refractivity contribution in [3.8, 4) is 0 Å². The average Bonchev–Trinajstić information content (AvgIpc) is 2.49. The lowest BCUT2D eigenvalue weighted by molar-refractivity contribution is 1.40. The molecule has 0 unspecified atom stereocenters. The van der Waals surface area contributed by atoms with E-state index in [-0.39, 0.29) is 0 Å². The molecule has 1 aromatic carbocycles. The molecular formula is C9H6BrClS2. The van der Waals surface area contributed by atoms with E-state index < -0.39 is 0 Å². The summed E-state index contributed by atoms with van der Waals surface area (Å²) in [6.45, 7) is 0. The fraction of sp³-hybridized carbons (Fsp3) is 0.111. The quantitative estimate of drug-likeness (QED) is 0.572. The molecule has 0 amide bonds. The third kappa shape index (κ3) is 1.63. The number of hydrogen-bond acceptors (Lipinski definition) is 2. The Morgan fingerprint density at radius 1 is 1.46 bits per heavy atom. The van der Waals surface area contributed by atoms with Gasteiger partial charge in [0.15, 0.2) is 0 Å². The number of hydrogen-bond donors (Lipinski definition) is 1. The van der Waals surface area contributed by atoms with Crippen molar-refractivity contribution in [1.29, 1.82) is 0 Å². The van der Waals surface area contributed by atoms with Gasteiger partial charge >= 0.3 is 0 Å². The molecule has 0 radical (unpaired) electrons. The van der Waals surface area contributed by atoms with E-state index in [1.54, 1.807) is 11.3 Å². The van der Waals surface area contributed by atoms with E-state index in [2.05, 4.69) is 34.6 Å². The number of thiol groups is 1. The lowest BCUT2D eigenvalue weighted by Crippen LogP contribution is -1.81. The lowest BCUT2D eigenvalue weighted by atomic mass is 10.1. The molecule has 2 aromatic rings. The predicted octanol–water partition coefficient (Wildman–Crippen LogP) is 4.69. The van der Waals surface area contributed by atoms with Gasteiger partial charge in [-0.1, -0.05) is 15.9 Å². The molecule has 1 heterocycles. The van der Waals surface area contributed by atoms with Gasteiger partial charge < -0.3 is 0 Å². The smallest absolute Gasteiger partial charge is 0.0492 e. The van der Waals surface area contributed by atoms with E-state index >= 15 is 0 Å². The van der Waals surface area contributed by atoms with Crippen molar-refractivity contribution in [3.05, 3.63) is 27.5 Å². The van der Waals surface area contributed by atoms with Crippen molar-refractivity contribution >= 4 is 61.6 Å². The van der Waals surface area contributed by atoms with Gasteiger partial charge in [0, 0.05) is 30.7 Å². The lowest BCUT2D eigenvalue weighted by Gasteiger charge is -2.02. The second-order valence-corrected chi connectivity index (χ2v) is 5.17. The highest BCUT2D eigenvalue weighted by atomic mass is 79.9. The fourth-order valence-corrected chi connectivity index (χ4v) is 3.54. The van der Waals surface area contributed by atoms with Crippen molar-refractivity contribution in [3.63, 3.8) is 0 Å². The van der Waals surface area contributed by atoms with Crippen molar-refractivity contribution in [1.82, 2.24) is 0 Å². The summed E-state index contributed by atoms with van der Waals surface area (Å²) in [5.74, 6) is 0.516. The van der Waals surface area contributed by atoms with Gasteiger partial charge in [0.25, 0.3) is 0 Å². The first-order valence-corrected chi connectivity index (χ1v) is 6.33. The molecule has 0 aliphatic carbocycles. The van der Waals surface area contributed by atoms with Crippen LogP contribution in [0.2, 0.25) is 0 Å². The first kappa shape index (κ1) is 9.84. The molecule has 0 bridgehead atoms. The zero-order chi connectivity index (χ0) is 9.42. The van der Waals surface area contributed by atoms with E-state index in [0.717, 1.165) is 14.9 Å². The Morgan fingerprint density at radius 2 is 2.23 bits per heavy atom. The zero-order valence-corrected chi connectivity index (χ0v) is 10.6. The largest absolute Gasteiger partial charge is 0.143 e. The van der Waals surface area contributed by atoms with Crippen LogP contribution in [0.1, 0.15) is 5.56 Å². The summed E-state index contributed by atoms with van der Waals surface area (Å²) >= 11 is 15.5. The summed E-state index contributed by atoms with van der Waals surface area (Å²) in [7, 11) is 0. The number of fused-ring (bicyclic) bond motifs is 1. The molecule has 2 rings (SSSR count). The number of alkyl halides is 1. The van der Waals surface area contributed by atoms with Crippen LogP contribution >= 0.6 is 51.5 Å². The average molecular weight is 294 g/mol. The van der Waals surface area contributed by atoms with Gasteiger partial charge in [-0.2, -0.15) is 0 Å². The molecule has 68 valence electrons. The number of benzene rings is 1. The molecule has 0 fully saturated rings. The maximum absolute atomic E-state index is 5.88. The third-order valence-electron chi connectivity index (χ3n) is 1.90. The summed E-state index contributed by atoms with van der Waals surface area (Å²) in [5, 5.41) is 3.22. The Balaban J connectivity index is 2.88. The Morgan fingerprint density at radius 3 is 2.92 bits per heavy atom. The Bertz CT molecular complexity index is 450. The fourth-order valence-electron chi connectivity index (χ4n) is 1.29. The standard InChI is InChI=1S/C9H6BrClS2/c10-6-1-2-8-9(5(6)3-11)7(12)4-13-8/h1-2,4,12H,3H2. The summed E-state index contributed by atoms with van der Waals surface area (Å²) in [4.78, 5) is 1.01. The van der Waals surface area contributed by atoms with E-state index in [0.29, 0.717) is 5.88 Å². The zero-order valence-electron chi connectivity index (χ0n) is 6.55. The first-order chi connectivity index (χ1) is 6.24. The highest BCUT2D eigenvalue weighted by molar-refractivity contribution is 9.10. The second-order valence-electron chi connectivity index (χ2n) is 2.65. The van der Waals surface area contributed by atoms with Crippen LogP contribution in [-0.4, -0.2) is 0 Å². The topological polar surface area (TPSA) is 0 Å². The van der Waals surface area contributed by atoms with Gasteiger partial charge in [-0.25, -0.2) is 0 Å². The molecule has 0 aliphatic rings. The highest BCUT2D eigenvalue weighted by Gasteiger charge is 2.08. The Hall–Kier alpha value is 0.300. The molecule has 1 aromatic heterocycles. The molecule has 0 spiro atoms. The van der Waals surface area contributed by atoms with E-state index in [1.165, 1.54) is 10.1 Å². The van der Waals surface area contributed by atoms with Crippen LogP contribution in [0.25, 0.3) is 10.1 Å². The van der Waals surface area contributed by atoms with Crippen LogP contribution in [0.3, 0.4) is 0 Å². The van der Waals surface area contributed by atoms with Crippen molar-refractivity contribution in [2.75, 3.05) is 0 Å². The molecule has 13 heavy (non-hydrogen) atoms. The minimum atomic E-state index is 0.516. The van der Waals surface area contributed by atoms with Gasteiger partial charge in [0.1, 0.15) is 0 Å². The minimum absolute atomic E-state index is 0.516. The van der Waals surface area contributed by atoms with E-state index in [4.69, 9.17) is 11.6 Å². The maximum atomic E-state index is 5.88. The van der Waals surface area contributed by atoms with Gasteiger partial charge in [0.2, 0.25) is 0 Å². The normalized spacial score (nSPS) is 11.0. The third-order valence-corrected chi connectivity index (χ3v) is 4.39. The van der Waals surface area contributed by atoms with Crippen LogP contribution in [0.4, 0.5) is 0 Å². The van der Waals surface area contributed by atoms with Crippen molar-refractivity contribution < 1.29 is 0 Å². The first-order valence-electron chi connectivity index (χ1n) is 3.67. The van der Waals surface area contributed by atoms with Gasteiger partial charge in [0.05, 0.1) is 0 Å². The maximum Gasteiger partial charge on any atom is 0.0492 e. The van der Waals surface area contributed by atoms with Crippen LogP contribution in [0.15, 0.2) is 26.9 Å². The number of thiophene rings is 1. The van der Waals surface area contributed by atoms with Gasteiger partial charge in [-0.3, -0.25) is 0 Å². The van der Waals surface area contributed by atoms with Crippen LogP contribution in [0, 0.1) is 0 Å². The summed E-state index contributed by atoms with van der Waals surface area (Å²) < 4.78 is 2.30. The Kier molecular flexibility index (Phi) is 2.88. The van der Waals surface area contributed by atoms with Crippen LogP contribution in [-0.2, 0) is 5.88 Å². The predicted molar refractivity (Wildman–Crippen MR) is 66.3 cm³/mol. The second kappa shape index (κ2) is 3.81. The van der Waals surface area contributed by atoms with Crippen molar-refractivity contribution in [2.24, 2.45) is 0 Å². The SMILES string of the molecule is Sc1csc2ccc(Br)c(CCl)c12. The number of halogens is 2. The summed E-state index contributed by atoms with van der Waals surface area (Å²) in [6, 6.07) is 4.11. The molecule has 0 aliphatic heterocycles. The van der Waals surface area contributed by atoms with Crippen LogP contribution in [0.5, 0.6) is 0 Å². The molecular weight excluding hydrogens is 288 g/mol. The monoisotopic (exact) mass is 292 g/mol.